The smallest absolute Gasteiger partial charge is 0.335 e. The maximum atomic E-state index is 12.8. The van der Waals surface area contributed by atoms with Gasteiger partial charge in [0.25, 0.3) is 5.91 Å². The number of para-hydroxylation sites is 2. The summed E-state index contributed by atoms with van der Waals surface area (Å²) in [4.78, 5) is 34.6. The summed E-state index contributed by atoms with van der Waals surface area (Å²) in [7, 11) is 0. The molecule has 1 saturated heterocycles. The van der Waals surface area contributed by atoms with Gasteiger partial charge in [-0.2, -0.15) is 0 Å². The van der Waals surface area contributed by atoms with Gasteiger partial charge in [0.15, 0.2) is 4.32 Å². The maximum Gasteiger partial charge on any atom is 0.335 e. The lowest BCUT2D eigenvalue weighted by molar-refractivity contribution is -0.113. The summed E-state index contributed by atoms with van der Waals surface area (Å²) in [5, 5.41) is 9.15. The Morgan fingerprint density at radius 3 is 2.70 bits per heavy atom. The molecule has 0 aliphatic carbocycles. The Morgan fingerprint density at radius 2 is 1.93 bits per heavy atom. The summed E-state index contributed by atoms with van der Waals surface area (Å²) < 4.78 is 0.336. The van der Waals surface area contributed by atoms with Crippen molar-refractivity contribution in [3.63, 3.8) is 0 Å². The first-order valence-corrected chi connectivity index (χ1v) is 9.08. The number of anilines is 1. The van der Waals surface area contributed by atoms with Gasteiger partial charge < -0.3 is 5.11 Å². The van der Waals surface area contributed by atoms with Gasteiger partial charge in [0.1, 0.15) is 0 Å². The Morgan fingerprint density at radius 1 is 1.15 bits per heavy atom. The third-order valence-electron chi connectivity index (χ3n) is 3.89. The third kappa shape index (κ3) is 3.32. The second-order valence-electron chi connectivity index (χ2n) is 5.66. The first-order valence-electron chi connectivity index (χ1n) is 7.86. The molecule has 0 atom stereocenters. The second-order valence-corrected chi connectivity index (χ2v) is 7.33. The molecule has 132 valence electrons. The molecule has 1 amide bonds. The van der Waals surface area contributed by atoms with E-state index in [0.717, 1.165) is 22.8 Å². The third-order valence-corrected chi connectivity index (χ3v) is 5.19. The average molecular weight is 393 g/mol. The lowest BCUT2D eigenvalue weighted by atomic mass is 10.2. The van der Waals surface area contributed by atoms with Crippen LogP contribution in [0.4, 0.5) is 5.69 Å². The molecule has 3 aromatic rings. The predicted molar refractivity (Wildman–Crippen MR) is 109 cm³/mol. The SMILES string of the molecule is O=C(O)c1cccc(N2C(=O)/C(=C/c3cnc4ccccc4n3)SC2=S)c1. The summed E-state index contributed by atoms with van der Waals surface area (Å²) in [6, 6.07) is 13.6. The van der Waals surface area contributed by atoms with Gasteiger partial charge in [0, 0.05) is 0 Å². The number of rotatable bonds is 3. The van der Waals surface area contributed by atoms with E-state index in [1.807, 2.05) is 24.3 Å². The number of carbonyl (C=O) groups excluding carboxylic acids is 1. The van der Waals surface area contributed by atoms with Crippen molar-refractivity contribution in [3.8, 4) is 0 Å². The molecule has 1 N–H and O–H groups in total. The Kier molecular flexibility index (Phi) is 4.43. The first-order chi connectivity index (χ1) is 13.0. The highest BCUT2D eigenvalue weighted by Crippen LogP contribution is 2.36. The molecular weight excluding hydrogens is 382 g/mol. The molecule has 6 nitrogen and oxygen atoms in total. The van der Waals surface area contributed by atoms with E-state index in [9.17, 15) is 9.59 Å². The van der Waals surface area contributed by atoms with Gasteiger partial charge in [-0.1, -0.05) is 42.2 Å². The molecule has 27 heavy (non-hydrogen) atoms. The number of aromatic carboxylic acids is 1. The Bertz CT molecular complexity index is 1140. The molecule has 1 fully saturated rings. The van der Waals surface area contributed by atoms with Crippen LogP contribution in [-0.2, 0) is 4.79 Å². The highest BCUT2D eigenvalue weighted by atomic mass is 32.2. The highest BCUT2D eigenvalue weighted by Gasteiger charge is 2.33. The lowest BCUT2D eigenvalue weighted by Gasteiger charge is -2.14. The van der Waals surface area contributed by atoms with Gasteiger partial charge in [-0.25, -0.2) is 9.78 Å². The number of fused-ring (bicyclic) bond motifs is 1. The number of benzene rings is 2. The van der Waals surface area contributed by atoms with Crippen LogP contribution in [0.5, 0.6) is 0 Å². The van der Waals surface area contributed by atoms with Gasteiger partial charge in [-0.15, -0.1) is 0 Å². The fourth-order valence-corrected chi connectivity index (χ4v) is 3.93. The molecule has 1 aromatic heterocycles. The van der Waals surface area contributed by atoms with Crippen molar-refractivity contribution in [2.45, 2.75) is 0 Å². The molecule has 0 unspecified atom stereocenters. The van der Waals surface area contributed by atoms with Crippen molar-refractivity contribution >= 4 is 63.0 Å². The molecule has 0 saturated carbocycles. The number of thiocarbonyl (C=S) groups is 1. The minimum atomic E-state index is -1.07. The van der Waals surface area contributed by atoms with Crippen molar-refractivity contribution in [1.82, 2.24) is 9.97 Å². The van der Waals surface area contributed by atoms with Gasteiger partial charge in [0.2, 0.25) is 0 Å². The van der Waals surface area contributed by atoms with E-state index in [2.05, 4.69) is 9.97 Å². The Balaban J connectivity index is 1.68. The fraction of sp³-hybridized carbons (Fsp3) is 0. The molecule has 2 heterocycles. The van der Waals surface area contributed by atoms with Crippen molar-refractivity contribution in [1.29, 1.82) is 0 Å². The molecule has 0 radical (unpaired) electrons. The topological polar surface area (TPSA) is 83.4 Å². The first kappa shape index (κ1) is 17.3. The van der Waals surface area contributed by atoms with Crippen LogP contribution in [0.3, 0.4) is 0 Å². The standard InChI is InChI=1S/C19H11N3O3S2/c23-17-16(9-12-10-20-14-6-1-2-7-15(14)21-12)27-19(26)22(17)13-5-3-4-11(8-13)18(24)25/h1-10H,(H,24,25)/b16-9-. The number of aromatic nitrogens is 2. The van der Waals surface area contributed by atoms with Crippen molar-refractivity contribution in [3.05, 3.63) is 70.9 Å². The quantitative estimate of drug-likeness (QED) is 0.536. The molecule has 4 rings (SSSR count). The molecule has 1 aliphatic rings. The van der Waals surface area contributed by atoms with E-state index in [4.69, 9.17) is 17.3 Å². The van der Waals surface area contributed by atoms with Crippen molar-refractivity contribution in [2.24, 2.45) is 0 Å². The zero-order chi connectivity index (χ0) is 19.0. The minimum Gasteiger partial charge on any atom is -0.478 e. The summed E-state index contributed by atoms with van der Waals surface area (Å²) in [6.45, 7) is 0. The van der Waals surface area contributed by atoms with Gasteiger partial charge in [-0.3, -0.25) is 14.7 Å². The number of thioether (sulfide) groups is 1. The molecular formula is C19H11N3O3S2. The largest absolute Gasteiger partial charge is 0.478 e. The van der Waals surface area contributed by atoms with Crippen molar-refractivity contribution < 1.29 is 14.7 Å². The number of hydrogen-bond acceptors (Lipinski definition) is 6. The fourth-order valence-electron chi connectivity index (χ4n) is 2.64. The molecule has 8 heteroatoms. The van der Waals surface area contributed by atoms with E-state index >= 15 is 0 Å². The van der Waals surface area contributed by atoms with Crippen LogP contribution in [0.15, 0.2) is 59.6 Å². The second kappa shape index (κ2) is 6.90. The number of amides is 1. The molecule has 1 aliphatic heterocycles. The predicted octanol–water partition coefficient (Wildman–Crippen LogP) is 3.73. The van der Waals surface area contributed by atoms with Crippen LogP contribution in [0.25, 0.3) is 17.1 Å². The Labute approximate surface area is 163 Å². The summed E-state index contributed by atoms with van der Waals surface area (Å²) in [6.07, 6.45) is 3.24. The zero-order valence-electron chi connectivity index (χ0n) is 13.7. The van der Waals surface area contributed by atoms with Crippen LogP contribution in [0.1, 0.15) is 16.1 Å². The van der Waals surface area contributed by atoms with E-state index in [1.165, 1.54) is 17.0 Å². The number of carbonyl (C=O) groups is 2. The number of carboxylic acid groups (broad SMARTS) is 1. The van der Waals surface area contributed by atoms with Crippen LogP contribution in [0, 0.1) is 0 Å². The lowest BCUT2D eigenvalue weighted by Crippen LogP contribution is -2.27. The average Bonchev–Trinajstić information content (AvgIpc) is 2.95. The summed E-state index contributed by atoms with van der Waals surface area (Å²) >= 11 is 6.47. The molecule has 0 bridgehead atoms. The van der Waals surface area contributed by atoms with Crippen LogP contribution < -0.4 is 4.90 Å². The van der Waals surface area contributed by atoms with Crippen molar-refractivity contribution in [2.75, 3.05) is 4.90 Å². The molecule has 2 aromatic carbocycles. The van der Waals surface area contributed by atoms with E-state index in [-0.39, 0.29) is 11.5 Å². The van der Waals surface area contributed by atoms with Gasteiger partial charge in [0.05, 0.1) is 39.1 Å². The van der Waals surface area contributed by atoms with E-state index in [0.29, 0.717) is 20.6 Å². The van der Waals surface area contributed by atoms with E-state index in [1.54, 1.807) is 24.4 Å². The maximum absolute atomic E-state index is 12.8. The van der Waals surface area contributed by atoms with Crippen LogP contribution >= 0.6 is 24.0 Å². The highest BCUT2D eigenvalue weighted by molar-refractivity contribution is 8.27. The summed E-state index contributed by atoms with van der Waals surface area (Å²) in [5.74, 6) is -1.38. The van der Waals surface area contributed by atoms with Crippen LogP contribution in [-0.4, -0.2) is 31.3 Å². The Hall–Kier alpha value is -3.10. The van der Waals surface area contributed by atoms with Gasteiger partial charge in [-0.05, 0) is 36.4 Å². The van der Waals surface area contributed by atoms with E-state index < -0.39 is 5.97 Å². The number of carboxylic acids is 1. The van der Waals surface area contributed by atoms with Crippen LogP contribution in [0.2, 0.25) is 0 Å². The van der Waals surface area contributed by atoms with Gasteiger partial charge >= 0.3 is 5.97 Å². The number of nitrogens with zero attached hydrogens (tertiary/aromatic N) is 3. The molecule has 0 spiro atoms. The summed E-state index contributed by atoms with van der Waals surface area (Å²) in [5.41, 5.74) is 2.56. The monoisotopic (exact) mass is 393 g/mol. The minimum absolute atomic E-state index is 0.0888. The number of hydrogen-bond donors (Lipinski definition) is 1. The zero-order valence-corrected chi connectivity index (χ0v) is 15.3. The normalized spacial score (nSPS) is 15.7.